The number of nitrogens with one attached hydrogen (secondary N) is 1. The molecule has 1 aromatic rings. The summed E-state index contributed by atoms with van der Waals surface area (Å²) < 4.78 is 0. The number of amides is 4. The van der Waals surface area contributed by atoms with Gasteiger partial charge in [-0.25, -0.2) is 9.69 Å². The fraction of sp³-hybridized carbons (Fsp3) is 0.400. The highest BCUT2D eigenvalue weighted by Gasteiger charge is 2.36. The number of carbonyl (C=O) groups is 3. The summed E-state index contributed by atoms with van der Waals surface area (Å²) in [7, 11) is 0. The van der Waals surface area contributed by atoms with Crippen LogP contribution in [0.5, 0.6) is 0 Å². The summed E-state index contributed by atoms with van der Waals surface area (Å²) in [5, 5.41) is 4.43. The van der Waals surface area contributed by atoms with Crippen molar-refractivity contribution >= 4 is 35.3 Å². The third kappa shape index (κ3) is 3.04. The van der Waals surface area contributed by atoms with Crippen LogP contribution in [0.4, 0.5) is 4.79 Å². The lowest BCUT2D eigenvalue weighted by Crippen LogP contribution is -2.44. The predicted octanol–water partition coefficient (Wildman–Crippen LogP) is 1.65. The Balaban J connectivity index is 1.68. The van der Waals surface area contributed by atoms with Gasteiger partial charge < -0.3 is 10.2 Å². The van der Waals surface area contributed by atoms with E-state index in [2.05, 4.69) is 5.32 Å². The van der Waals surface area contributed by atoms with Crippen LogP contribution in [-0.2, 0) is 9.59 Å². The van der Waals surface area contributed by atoms with Gasteiger partial charge in [0.1, 0.15) is 12.2 Å². The summed E-state index contributed by atoms with van der Waals surface area (Å²) in [6, 6.07) is 3.20. The molecule has 2 saturated heterocycles. The zero-order chi connectivity index (χ0) is 15.5. The summed E-state index contributed by atoms with van der Waals surface area (Å²) in [5.74, 6) is -0.607. The van der Waals surface area contributed by atoms with Crippen molar-refractivity contribution in [2.24, 2.45) is 0 Å². The van der Waals surface area contributed by atoms with Gasteiger partial charge in [-0.05, 0) is 36.8 Å². The number of imide groups is 1. The smallest absolute Gasteiger partial charge is 0.329 e. The number of urea groups is 1. The van der Waals surface area contributed by atoms with E-state index in [1.54, 1.807) is 11.0 Å². The van der Waals surface area contributed by atoms with Crippen LogP contribution in [0.1, 0.15) is 24.1 Å². The molecular formula is C15H17N3O3S. The van der Waals surface area contributed by atoms with Crippen LogP contribution in [-0.4, -0.2) is 47.3 Å². The molecule has 0 radical (unpaired) electrons. The number of likely N-dealkylation sites (tertiary alicyclic amines) is 1. The summed E-state index contributed by atoms with van der Waals surface area (Å²) in [5.41, 5.74) is 0.221. The molecule has 1 aromatic heterocycles. The van der Waals surface area contributed by atoms with E-state index in [1.165, 1.54) is 11.3 Å². The first-order chi connectivity index (χ1) is 10.6. The fourth-order valence-electron chi connectivity index (χ4n) is 2.61. The molecule has 0 spiro atoms. The summed E-state index contributed by atoms with van der Waals surface area (Å²) in [6.07, 6.45) is 4.72. The molecule has 0 saturated carbocycles. The molecule has 1 N–H and O–H groups in total. The fourth-order valence-corrected chi connectivity index (χ4v) is 3.27. The normalized spacial score (nSPS) is 20.6. The molecule has 2 aliphatic heterocycles. The summed E-state index contributed by atoms with van der Waals surface area (Å²) in [6.45, 7) is 1.23. The molecule has 6 nitrogen and oxygen atoms in total. The average Bonchev–Trinajstić information content (AvgIpc) is 3.12. The number of thiophene rings is 1. The van der Waals surface area contributed by atoms with Gasteiger partial charge in [0.05, 0.1) is 0 Å². The Morgan fingerprint density at radius 3 is 2.73 bits per heavy atom. The molecular weight excluding hydrogens is 302 g/mol. The molecule has 3 rings (SSSR count). The third-order valence-corrected chi connectivity index (χ3v) is 4.61. The van der Waals surface area contributed by atoms with Gasteiger partial charge >= 0.3 is 6.03 Å². The van der Waals surface area contributed by atoms with Crippen LogP contribution in [0.2, 0.25) is 0 Å². The maximum absolute atomic E-state index is 12.3. The van der Waals surface area contributed by atoms with Gasteiger partial charge in [-0.3, -0.25) is 9.59 Å². The Morgan fingerprint density at radius 2 is 2.05 bits per heavy atom. The van der Waals surface area contributed by atoms with Crippen molar-refractivity contribution in [3.8, 4) is 0 Å². The number of piperidine rings is 1. The van der Waals surface area contributed by atoms with Crippen LogP contribution in [0, 0.1) is 0 Å². The Kier molecular flexibility index (Phi) is 4.24. The maximum Gasteiger partial charge on any atom is 0.329 e. The Hall–Kier alpha value is -2.15. The van der Waals surface area contributed by atoms with Crippen LogP contribution < -0.4 is 5.32 Å². The highest BCUT2D eigenvalue weighted by molar-refractivity contribution is 7.10. The Labute approximate surface area is 132 Å². The number of rotatable bonds is 3. The average molecular weight is 319 g/mol. The van der Waals surface area contributed by atoms with Gasteiger partial charge in [-0.15, -0.1) is 11.3 Å². The first-order valence-electron chi connectivity index (χ1n) is 7.31. The topological polar surface area (TPSA) is 69.7 Å². The standard InChI is InChI=1S/C15H17N3O3S/c19-13(17-6-2-1-3-7-17)10-18-14(20)12(16-15(18)21)9-11-5-4-8-22-11/h4-5,8-9H,1-3,6-7,10H2,(H,16,21)/b12-9+. The largest absolute Gasteiger partial charge is 0.341 e. The van der Waals surface area contributed by atoms with Gasteiger partial charge in [0, 0.05) is 18.0 Å². The van der Waals surface area contributed by atoms with E-state index in [4.69, 9.17) is 0 Å². The number of hydrogen-bond acceptors (Lipinski definition) is 4. The molecule has 0 aliphatic carbocycles. The lowest BCUT2D eigenvalue weighted by molar-refractivity contribution is -0.136. The number of hydrogen-bond donors (Lipinski definition) is 1. The second-order valence-corrected chi connectivity index (χ2v) is 6.32. The van der Waals surface area contributed by atoms with Gasteiger partial charge in [0.2, 0.25) is 5.91 Å². The molecule has 2 fully saturated rings. The lowest BCUT2D eigenvalue weighted by atomic mass is 10.1. The SMILES string of the molecule is O=C(CN1C(=O)N/C(=C/c2cccs2)C1=O)N1CCCCC1. The molecule has 116 valence electrons. The van der Waals surface area contributed by atoms with Crippen LogP contribution in [0.15, 0.2) is 23.2 Å². The molecule has 0 aromatic carbocycles. The zero-order valence-electron chi connectivity index (χ0n) is 12.1. The highest BCUT2D eigenvalue weighted by Crippen LogP contribution is 2.18. The van der Waals surface area contributed by atoms with Crippen molar-refractivity contribution in [3.05, 3.63) is 28.1 Å². The van der Waals surface area contributed by atoms with Crippen LogP contribution in [0.3, 0.4) is 0 Å². The van der Waals surface area contributed by atoms with E-state index in [0.717, 1.165) is 29.0 Å². The van der Waals surface area contributed by atoms with E-state index < -0.39 is 11.9 Å². The minimum atomic E-state index is -0.529. The Morgan fingerprint density at radius 1 is 1.27 bits per heavy atom. The van der Waals surface area contributed by atoms with Crippen molar-refractivity contribution < 1.29 is 14.4 Å². The van der Waals surface area contributed by atoms with Crippen molar-refractivity contribution in [1.29, 1.82) is 0 Å². The molecule has 22 heavy (non-hydrogen) atoms. The number of nitrogens with zero attached hydrogens (tertiary/aromatic N) is 2. The molecule has 0 unspecified atom stereocenters. The second kappa shape index (κ2) is 6.31. The molecule has 7 heteroatoms. The lowest BCUT2D eigenvalue weighted by Gasteiger charge is -2.27. The van der Waals surface area contributed by atoms with Crippen LogP contribution in [0.25, 0.3) is 6.08 Å². The van der Waals surface area contributed by atoms with E-state index >= 15 is 0 Å². The van der Waals surface area contributed by atoms with Crippen molar-refractivity contribution in [3.63, 3.8) is 0 Å². The monoisotopic (exact) mass is 319 g/mol. The van der Waals surface area contributed by atoms with E-state index in [0.29, 0.717) is 13.1 Å². The number of carbonyl (C=O) groups excluding carboxylic acids is 3. The van der Waals surface area contributed by atoms with E-state index in [-0.39, 0.29) is 18.1 Å². The van der Waals surface area contributed by atoms with Gasteiger partial charge in [0.15, 0.2) is 0 Å². The second-order valence-electron chi connectivity index (χ2n) is 5.34. The molecule has 0 atom stereocenters. The first-order valence-corrected chi connectivity index (χ1v) is 8.19. The summed E-state index contributed by atoms with van der Waals surface area (Å²) in [4.78, 5) is 40.0. The molecule has 4 amide bonds. The van der Waals surface area contributed by atoms with E-state index in [9.17, 15) is 14.4 Å². The molecule has 2 aliphatic rings. The van der Waals surface area contributed by atoms with Gasteiger partial charge in [0.25, 0.3) is 5.91 Å². The van der Waals surface area contributed by atoms with Gasteiger partial charge in [-0.1, -0.05) is 6.07 Å². The Bertz CT molecular complexity index is 618. The van der Waals surface area contributed by atoms with Crippen LogP contribution >= 0.6 is 11.3 Å². The van der Waals surface area contributed by atoms with Crippen molar-refractivity contribution in [2.45, 2.75) is 19.3 Å². The van der Waals surface area contributed by atoms with Crippen molar-refractivity contribution in [2.75, 3.05) is 19.6 Å². The van der Waals surface area contributed by atoms with E-state index in [1.807, 2.05) is 17.5 Å². The highest BCUT2D eigenvalue weighted by atomic mass is 32.1. The zero-order valence-corrected chi connectivity index (χ0v) is 12.9. The maximum atomic E-state index is 12.3. The quantitative estimate of drug-likeness (QED) is 0.680. The molecule has 0 bridgehead atoms. The van der Waals surface area contributed by atoms with Crippen molar-refractivity contribution in [1.82, 2.24) is 15.1 Å². The first kappa shape index (κ1) is 14.8. The third-order valence-electron chi connectivity index (χ3n) is 3.79. The minimum absolute atomic E-state index is 0.166. The van der Waals surface area contributed by atoms with Gasteiger partial charge in [-0.2, -0.15) is 0 Å². The summed E-state index contributed by atoms with van der Waals surface area (Å²) >= 11 is 1.48. The predicted molar refractivity (Wildman–Crippen MR) is 83.0 cm³/mol. The minimum Gasteiger partial charge on any atom is -0.341 e. The molecule has 3 heterocycles.